The molecule has 0 unspecified atom stereocenters. The molecule has 0 fully saturated rings. The number of amides is 1. The van der Waals surface area contributed by atoms with Crippen LogP contribution >= 0.6 is 0 Å². The van der Waals surface area contributed by atoms with Crippen LogP contribution in [0.5, 0.6) is 5.75 Å². The molecular weight excluding hydrogens is 370 g/mol. The van der Waals surface area contributed by atoms with Crippen molar-refractivity contribution in [1.29, 1.82) is 0 Å². The van der Waals surface area contributed by atoms with Gasteiger partial charge in [0.15, 0.2) is 0 Å². The van der Waals surface area contributed by atoms with Gasteiger partial charge in [0.1, 0.15) is 5.75 Å². The molecule has 3 aromatic rings. The maximum atomic E-state index is 12.0. The third-order valence-electron chi connectivity index (χ3n) is 4.25. The first-order chi connectivity index (χ1) is 13.9. The van der Waals surface area contributed by atoms with Crippen molar-refractivity contribution in [1.82, 2.24) is 10.1 Å². The highest BCUT2D eigenvalue weighted by molar-refractivity contribution is 5.88. The molecule has 29 heavy (non-hydrogen) atoms. The van der Waals surface area contributed by atoms with Crippen LogP contribution in [0.15, 0.2) is 53.1 Å². The lowest BCUT2D eigenvalue weighted by Crippen LogP contribution is -2.09. The average molecular weight is 393 g/mol. The van der Waals surface area contributed by atoms with Crippen LogP contribution in [0.1, 0.15) is 44.6 Å². The van der Waals surface area contributed by atoms with Crippen LogP contribution in [-0.2, 0) is 16.0 Å². The Morgan fingerprint density at radius 2 is 1.76 bits per heavy atom. The summed E-state index contributed by atoms with van der Waals surface area (Å²) in [6.07, 6.45) is 0.404. The Morgan fingerprint density at radius 1 is 1.07 bits per heavy atom. The third-order valence-corrected chi connectivity index (χ3v) is 4.25. The van der Waals surface area contributed by atoms with E-state index in [1.54, 1.807) is 24.3 Å². The van der Waals surface area contributed by atoms with Gasteiger partial charge in [0.2, 0.25) is 17.6 Å². The number of nitrogens with one attached hydrogen (secondary N) is 1. The van der Waals surface area contributed by atoms with Crippen LogP contribution in [0.3, 0.4) is 0 Å². The Balaban J connectivity index is 1.52. The molecule has 1 heterocycles. The van der Waals surface area contributed by atoms with Gasteiger partial charge in [0.25, 0.3) is 0 Å². The van der Waals surface area contributed by atoms with E-state index in [-0.39, 0.29) is 12.3 Å². The predicted molar refractivity (Wildman–Crippen MR) is 109 cm³/mol. The monoisotopic (exact) mass is 393 g/mol. The number of hydrogen-bond acceptors (Lipinski definition) is 6. The molecule has 1 aromatic heterocycles. The molecule has 0 aliphatic heterocycles. The second-order valence-corrected chi connectivity index (χ2v) is 6.97. The minimum atomic E-state index is -0.404. The van der Waals surface area contributed by atoms with E-state index in [2.05, 4.69) is 29.3 Å². The average Bonchev–Trinajstić information content (AvgIpc) is 3.17. The number of rotatable bonds is 7. The molecule has 2 aromatic carbocycles. The molecule has 0 bridgehead atoms. The van der Waals surface area contributed by atoms with E-state index in [0.29, 0.717) is 35.5 Å². The third kappa shape index (κ3) is 5.75. The maximum absolute atomic E-state index is 12.0. The van der Waals surface area contributed by atoms with Crippen molar-refractivity contribution < 1.29 is 18.8 Å². The van der Waals surface area contributed by atoms with E-state index >= 15 is 0 Å². The maximum Gasteiger partial charge on any atom is 0.311 e. The van der Waals surface area contributed by atoms with Gasteiger partial charge in [-0.25, -0.2) is 0 Å². The van der Waals surface area contributed by atoms with Crippen molar-refractivity contribution in [3.63, 3.8) is 0 Å². The number of esters is 1. The zero-order valence-electron chi connectivity index (χ0n) is 16.6. The molecule has 0 radical (unpaired) electrons. The predicted octanol–water partition coefficient (Wildman–Crippen LogP) is 4.36. The second-order valence-electron chi connectivity index (χ2n) is 6.97. The summed E-state index contributed by atoms with van der Waals surface area (Å²) in [5.74, 6) is 1.17. The SMILES string of the molecule is CC(=O)Nc1ccc(OC(=O)CCc2nc(-c3ccc(C(C)C)cc3)no2)cc1. The summed E-state index contributed by atoms with van der Waals surface area (Å²) in [6, 6.07) is 14.6. The van der Waals surface area contributed by atoms with Gasteiger partial charge in [-0.2, -0.15) is 4.98 Å². The van der Waals surface area contributed by atoms with Crippen LogP contribution in [0.2, 0.25) is 0 Å². The number of ether oxygens (including phenoxy) is 1. The Hall–Kier alpha value is -3.48. The number of carbonyl (C=O) groups is 2. The van der Waals surface area contributed by atoms with Gasteiger partial charge in [0.05, 0.1) is 6.42 Å². The molecule has 150 valence electrons. The Morgan fingerprint density at radius 3 is 2.38 bits per heavy atom. The number of nitrogens with zero attached hydrogens (tertiary/aromatic N) is 2. The molecule has 7 heteroatoms. The lowest BCUT2D eigenvalue weighted by atomic mass is 10.0. The van der Waals surface area contributed by atoms with Crippen molar-refractivity contribution in [2.24, 2.45) is 0 Å². The number of aromatic nitrogens is 2. The van der Waals surface area contributed by atoms with Crippen LogP contribution in [0.4, 0.5) is 5.69 Å². The lowest BCUT2D eigenvalue weighted by Gasteiger charge is -2.05. The standard InChI is InChI=1S/C22H23N3O4/c1-14(2)16-4-6-17(7-5-16)22-24-20(29-25-22)12-13-21(27)28-19-10-8-18(9-11-19)23-15(3)26/h4-11,14H,12-13H2,1-3H3,(H,23,26). The molecule has 0 saturated carbocycles. The molecule has 0 atom stereocenters. The minimum absolute atomic E-state index is 0.112. The first kappa shape index (κ1) is 20.3. The van der Waals surface area contributed by atoms with Gasteiger partial charge in [-0.15, -0.1) is 0 Å². The van der Waals surface area contributed by atoms with Crippen molar-refractivity contribution >= 4 is 17.6 Å². The fraction of sp³-hybridized carbons (Fsp3) is 0.273. The summed E-state index contributed by atoms with van der Waals surface area (Å²) in [6.45, 7) is 5.70. The zero-order chi connectivity index (χ0) is 20.8. The normalized spacial score (nSPS) is 10.8. The minimum Gasteiger partial charge on any atom is -0.427 e. The highest BCUT2D eigenvalue weighted by Crippen LogP contribution is 2.21. The number of anilines is 1. The molecule has 7 nitrogen and oxygen atoms in total. The van der Waals surface area contributed by atoms with Crippen molar-refractivity contribution in [3.05, 3.63) is 60.0 Å². The number of hydrogen-bond donors (Lipinski definition) is 1. The Kier molecular flexibility index (Phi) is 6.39. The van der Waals surface area contributed by atoms with E-state index in [4.69, 9.17) is 9.26 Å². The second kappa shape index (κ2) is 9.14. The lowest BCUT2D eigenvalue weighted by molar-refractivity contribution is -0.134. The van der Waals surface area contributed by atoms with Gasteiger partial charge in [-0.1, -0.05) is 43.3 Å². The summed E-state index contributed by atoms with van der Waals surface area (Å²) >= 11 is 0. The molecule has 0 aliphatic carbocycles. The summed E-state index contributed by atoms with van der Waals surface area (Å²) in [5, 5.41) is 6.63. The molecule has 3 rings (SSSR count). The van der Waals surface area contributed by atoms with Crippen molar-refractivity contribution in [2.75, 3.05) is 5.32 Å². The topological polar surface area (TPSA) is 94.3 Å². The van der Waals surface area contributed by atoms with E-state index < -0.39 is 5.97 Å². The summed E-state index contributed by atoms with van der Waals surface area (Å²) < 4.78 is 10.5. The highest BCUT2D eigenvalue weighted by atomic mass is 16.5. The number of carbonyl (C=O) groups excluding carboxylic acids is 2. The molecular formula is C22H23N3O4. The van der Waals surface area contributed by atoms with Gasteiger partial charge in [-0.3, -0.25) is 9.59 Å². The van der Waals surface area contributed by atoms with Gasteiger partial charge in [0, 0.05) is 24.6 Å². The Labute approximate surface area is 169 Å². The molecule has 1 amide bonds. The molecule has 0 spiro atoms. The van der Waals surface area contributed by atoms with E-state index in [9.17, 15) is 9.59 Å². The van der Waals surface area contributed by atoms with Gasteiger partial charge < -0.3 is 14.6 Å². The zero-order valence-corrected chi connectivity index (χ0v) is 16.6. The number of benzene rings is 2. The molecule has 0 aliphatic rings. The van der Waals surface area contributed by atoms with Crippen LogP contribution in [0.25, 0.3) is 11.4 Å². The van der Waals surface area contributed by atoms with Crippen LogP contribution in [0, 0.1) is 0 Å². The summed E-state index contributed by atoms with van der Waals surface area (Å²) in [7, 11) is 0. The van der Waals surface area contributed by atoms with Gasteiger partial charge >= 0.3 is 5.97 Å². The number of aryl methyl sites for hydroxylation is 1. The van der Waals surface area contributed by atoms with Crippen molar-refractivity contribution in [2.45, 2.75) is 39.5 Å². The van der Waals surface area contributed by atoms with Crippen LogP contribution < -0.4 is 10.1 Å². The largest absolute Gasteiger partial charge is 0.427 e. The first-order valence-corrected chi connectivity index (χ1v) is 9.42. The highest BCUT2D eigenvalue weighted by Gasteiger charge is 2.12. The van der Waals surface area contributed by atoms with E-state index in [0.717, 1.165) is 5.56 Å². The fourth-order valence-corrected chi connectivity index (χ4v) is 2.69. The van der Waals surface area contributed by atoms with E-state index in [1.807, 2.05) is 24.3 Å². The first-order valence-electron chi connectivity index (χ1n) is 9.42. The van der Waals surface area contributed by atoms with Crippen molar-refractivity contribution in [3.8, 4) is 17.1 Å². The Bertz CT molecular complexity index is 976. The van der Waals surface area contributed by atoms with Gasteiger partial charge in [-0.05, 0) is 35.7 Å². The quantitative estimate of drug-likeness (QED) is 0.473. The molecule has 0 saturated heterocycles. The molecule has 1 N–H and O–H groups in total. The fourth-order valence-electron chi connectivity index (χ4n) is 2.69. The van der Waals surface area contributed by atoms with E-state index in [1.165, 1.54) is 12.5 Å². The summed E-state index contributed by atoms with van der Waals surface area (Å²) in [4.78, 5) is 27.4. The smallest absolute Gasteiger partial charge is 0.311 e. The van der Waals surface area contributed by atoms with Crippen LogP contribution in [-0.4, -0.2) is 22.0 Å². The summed E-state index contributed by atoms with van der Waals surface area (Å²) in [5.41, 5.74) is 2.74.